The Morgan fingerprint density at radius 2 is 1.59 bits per heavy atom. The van der Waals surface area contributed by atoms with Crippen LogP contribution in [-0.4, -0.2) is 5.91 Å². The molecule has 0 aliphatic rings. The minimum atomic E-state index is -0.519. The fourth-order valence-electron chi connectivity index (χ4n) is 3.39. The highest BCUT2D eigenvalue weighted by molar-refractivity contribution is 9.10. The molecule has 5 nitrogen and oxygen atoms in total. The zero-order valence-electron chi connectivity index (χ0n) is 19.7. The molecule has 1 N–H and O–H groups in total. The smallest absolute Gasteiger partial charge is 0.266 e. The molecule has 4 rings (SSSR count). The second kappa shape index (κ2) is 12.8. The molecule has 4 aromatic carbocycles. The SMILES string of the molecule is N#C/C(=C\c1ccccc1OCc1ccc(Br)cc1)C(=O)Nc1ccc(OCc2ccccc2Cl)cc1. The molecule has 0 heterocycles. The Hall–Kier alpha value is -4.05. The molecular weight excluding hydrogens is 552 g/mol. The van der Waals surface area contributed by atoms with Crippen molar-refractivity contribution in [1.82, 2.24) is 0 Å². The second-order valence-electron chi connectivity index (χ2n) is 7.98. The van der Waals surface area contributed by atoms with E-state index in [9.17, 15) is 10.1 Å². The lowest BCUT2D eigenvalue weighted by atomic mass is 10.1. The summed E-state index contributed by atoms with van der Waals surface area (Å²) in [6.07, 6.45) is 1.52. The number of amides is 1. The van der Waals surface area contributed by atoms with Crippen LogP contribution in [-0.2, 0) is 18.0 Å². The minimum absolute atomic E-state index is 0.0428. The van der Waals surface area contributed by atoms with E-state index >= 15 is 0 Å². The second-order valence-corrected chi connectivity index (χ2v) is 9.30. The number of rotatable bonds is 9. The summed E-state index contributed by atoms with van der Waals surface area (Å²) in [7, 11) is 0. The normalized spacial score (nSPS) is 10.9. The molecule has 4 aromatic rings. The monoisotopic (exact) mass is 572 g/mol. The van der Waals surface area contributed by atoms with Crippen LogP contribution in [0.5, 0.6) is 11.5 Å². The van der Waals surface area contributed by atoms with E-state index in [0.29, 0.717) is 41.0 Å². The van der Waals surface area contributed by atoms with Crippen molar-refractivity contribution in [3.8, 4) is 17.6 Å². The van der Waals surface area contributed by atoms with Gasteiger partial charge in [0.2, 0.25) is 0 Å². The molecule has 0 unspecified atom stereocenters. The first-order chi connectivity index (χ1) is 18.0. The summed E-state index contributed by atoms with van der Waals surface area (Å²) in [6, 6.07) is 31.5. The van der Waals surface area contributed by atoms with Gasteiger partial charge in [-0.1, -0.05) is 76.1 Å². The number of anilines is 1. The average Bonchev–Trinajstić information content (AvgIpc) is 2.92. The van der Waals surface area contributed by atoms with Gasteiger partial charge in [0.25, 0.3) is 5.91 Å². The van der Waals surface area contributed by atoms with E-state index in [-0.39, 0.29) is 5.57 Å². The summed E-state index contributed by atoms with van der Waals surface area (Å²) < 4.78 is 12.7. The van der Waals surface area contributed by atoms with Crippen LogP contribution < -0.4 is 14.8 Å². The van der Waals surface area contributed by atoms with Crippen molar-refractivity contribution in [3.63, 3.8) is 0 Å². The maximum Gasteiger partial charge on any atom is 0.266 e. The minimum Gasteiger partial charge on any atom is -0.489 e. The highest BCUT2D eigenvalue weighted by atomic mass is 79.9. The topological polar surface area (TPSA) is 71.3 Å². The lowest BCUT2D eigenvalue weighted by molar-refractivity contribution is -0.112. The predicted molar refractivity (Wildman–Crippen MR) is 149 cm³/mol. The Kier molecular flexibility index (Phi) is 8.98. The van der Waals surface area contributed by atoms with Crippen molar-refractivity contribution < 1.29 is 14.3 Å². The van der Waals surface area contributed by atoms with Gasteiger partial charge in [-0.05, 0) is 60.2 Å². The number of nitrogens with zero attached hydrogens (tertiary/aromatic N) is 1. The molecule has 1 amide bonds. The molecule has 0 spiro atoms. The standard InChI is InChI=1S/C30H22BrClN2O3/c31-25-11-9-21(10-12-25)19-37-29-8-4-2-5-22(29)17-24(18-33)30(35)34-26-13-15-27(16-14-26)36-20-23-6-1-3-7-28(23)32/h1-17H,19-20H2,(H,34,35)/b24-17+. The van der Waals surface area contributed by atoms with Crippen LogP contribution in [0, 0.1) is 11.3 Å². The summed E-state index contributed by atoms with van der Waals surface area (Å²) in [5.74, 6) is 0.687. The number of nitrogens with one attached hydrogen (secondary N) is 1. The van der Waals surface area contributed by atoms with Crippen LogP contribution in [0.4, 0.5) is 5.69 Å². The average molecular weight is 574 g/mol. The van der Waals surface area contributed by atoms with E-state index < -0.39 is 5.91 Å². The third kappa shape index (κ3) is 7.47. The highest BCUT2D eigenvalue weighted by Crippen LogP contribution is 2.24. The quantitative estimate of drug-likeness (QED) is 0.164. The Morgan fingerprint density at radius 1 is 0.892 bits per heavy atom. The van der Waals surface area contributed by atoms with Gasteiger partial charge in [0.05, 0.1) is 0 Å². The predicted octanol–water partition coefficient (Wildman–Crippen LogP) is 7.81. The molecule has 0 radical (unpaired) electrons. The fraction of sp³-hybridized carbons (Fsp3) is 0.0667. The lowest BCUT2D eigenvalue weighted by Gasteiger charge is -2.11. The summed E-state index contributed by atoms with van der Waals surface area (Å²) in [4.78, 5) is 12.8. The van der Waals surface area contributed by atoms with Gasteiger partial charge in [-0.2, -0.15) is 5.26 Å². The molecule has 0 saturated heterocycles. The highest BCUT2D eigenvalue weighted by Gasteiger charge is 2.12. The summed E-state index contributed by atoms with van der Waals surface area (Å²) in [5.41, 5.74) is 3.01. The van der Waals surface area contributed by atoms with Crippen LogP contribution in [0.2, 0.25) is 5.02 Å². The fourth-order valence-corrected chi connectivity index (χ4v) is 3.84. The molecule has 7 heteroatoms. The van der Waals surface area contributed by atoms with Crippen molar-refractivity contribution in [2.75, 3.05) is 5.32 Å². The Bertz CT molecular complexity index is 1450. The summed E-state index contributed by atoms with van der Waals surface area (Å²) >= 11 is 9.59. The van der Waals surface area contributed by atoms with Gasteiger partial charge in [0, 0.05) is 26.3 Å². The first kappa shape index (κ1) is 26.0. The Morgan fingerprint density at radius 3 is 2.32 bits per heavy atom. The molecule has 0 atom stereocenters. The number of hydrogen-bond acceptors (Lipinski definition) is 4. The number of carbonyl (C=O) groups excluding carboxylic acids is 1. The maximum atomic E-state index is 12.8. The van der Waals surface area contributed by atoms with E-state index in [2.05, 4.69) is 21.2 Å². The Labute approximate surface area is 229 Å². The lowest BCUT2D eigenvalue weighted by Crippen LogP contribution is -2.13. The molecule has 0 saturated carbocycles. The number of benzene rings is 4. The van der Waals surface area contributed by atoms with Crippen molar-refractivity contribution >= 4 is 45.2 Å². The van der Waals surface area contributed by atoms with Crippen LogP contribution >= 0.6 is 27.5 Å². The number of para-hydroxylation sites is 1. The van der Waals surface area contributed by atoms with Gasteiger partial charge in [-0.3, -0.25) is 4.79 Å². The largest absolute Gasteiger partial charge is 0.489 e. The van der Waals surface area contributed by atoms with Crippen molar-refractivity contribution in [2.45, 2.75) is 13.2 Å². The third-order valence-corrected chi connectivity index (χ3v) is 6.25. The molecular formula is C30H22BrClN2O3. The van der Waals surface area contributed by atoms with Crippen molar-refractivity contribution in [3.05, 3.63) is 129 Å². The molecule has 0 fully saturated rings. The van der Waals surface area contributed by atoms with Gasteiger partial charge in [0.15, 0.2) is 0 Å². The van der Waals surface area contributed by atoms with Crippen molar-refractivity contribution in [1.29, 1.82) is 5.26 Å². The number of hydrogen-bond donors (Lipinski definition) is 1. The first-order valence-electron chi connectivity index (χ1n) is 11.4. The first-order valence-corrected chi connectivity index (χ1v) is 12.5. The third-order valence-electron chi connectivity index (χ3n) is 5.36. The van der Waals surface area contributed by atoms with Gasteiger partial charge in [-0.25, -0.2) is 0 Å². The maximum absolute atomic E-state index is 12.8. The molecule has 0 aliphatic heterocycles. The number of carbonyl (C=O) groups is 1. The van der Waals surface area contributed by atoms with Crippen molar-refractivity contribution in [2.24, 2.45) is 0 Å². The van der Waals surface area contributed by atoms with E-state index in [0.717, 1.165) is 15.6 Å². The van der Waals surface area contributed by atoms with E-state index in [1.54, 1.807) is 36.4 Å². The van der Waals surface area contributed by atoms with Crippen LogP contribution in [0.15, 0.2) is 107 Å². The summed E-state index contributed by atoms with van der Waals surface area (Å²) in [5, 5.41) is 13.0. The summed E-state index contributed by atoms with van der Waals surface area (Å²) in [6.45, 7) is 0.688. The molecule has 184 valence electrons. The molecule has 37 heavy (non-hydrogen) atoms. The van der Waals surface area contributed by atoms with E-state index in [4.69, 9.17) is 21.1 Å². The zero-order valence-corrected chi connectivity index (χ0v) is 22.0. The van der Waals surface area contributed by atoms with Crippen LogP contribution in [0.1, 0.15) is 16.7 Å². The van der Waals surface area contributed by atoms with Crippen LogP contribution in [0.25, 0.3) is 6.08 Å². The number of ether oxygens (including phenoxy) is 2. The van der Waals surface area contributed by atoms with E-state index in [1.165, 1.54) is 6.08 Å². The van der Waals surface area contributed by atoms with Gasteiger partial charge in [-0.15, -0.1) is 0 Å². The van der Waals surface area contributed by atoms with Gasteiger partial charge in [0.1, 0.15) is 36.4 Å². The zero-order chi connectivity index (χ0) is 26.0. The molecule has 0 bridgehead atoms. The number of halogens is 2. The Balaban J connectivity index is 1.40. The van der Waals surface area contributed by atoms with E-state index in [1.807, 2.05) is 66.7 Å². The van der Waals surface area contributed by atoms with Gasteiger partial charge >= 0.3 is 0 Å². The van der Waals surface area contributed by atoms with Crippen LogP contribution in [0.3, 0.4) is 0 Å². The molecule has 0 aromatic heterocycles. The molecule has 0 aliphatic carbocycles. The van der Waals surface area contributed by atoms with Gasteiger partial charge < -0.3 is 14.8 Å². The number of nitriles is 1.